The molecule has 4 nitrogen and oxygen atoms in total. The first kappa shape index (κ1) is 13.2. The molecule has 0 bridgehead atoms. The van der Waals surface area contributed by atoms with E-state index in [2.05, 4.69) is 10.3 Å². The fourth-order valence-electron chi connectivity index (χ4n) is 2.24. The van der Waals surface area contributed by atoms with Crippen molar-refractivity contribution in [2.24, 2.45) is 0 Å². The quantitative estimate of drug-likeness (QED) is 0.712. The van der Waals surface area contributed by atoms with Gasteiger partial charge in [-0.05, 0) is 56.3 Å². The highest BCUT2D eigenvalue weighted by molar-refractivity contribution is 6.02. The van der Waals surface area contributed by atoms with Crippen LogP contribution in [0.15, 0.2) is 46.9 Å². The largest absolute Gasteiger partial charge is 0.462 e. The summed E-state index contributed by atoms with van der Waals surface area (Å²) in [7, 11) is 0. The van der Waals surface area contributed by atoms with Crippen LogP contribution >= 0.6 is 0 Å². The van der Waals surface area contributed by atoms with E-state index in [0.29, 0.717) is 5.76 Å². The van der Waals surface area contributed by atoms with Gasteiger partial charge in [-0.3, -0.25) is 4.79 Å². The number of amides is 1. The molecule has 2 N–H and O–H groups in total. The fraction of sp³-hybridized carbons (Fsp3) is 0.118. The van der Waals surface area contributed by atoms with Crippen molar-refractivity contribution in [2.45, 2.75) is 13.8 Å². The summed E-state index contributed by atoms with van der Waals surface area (Å²) in [6.07, 6.45) is 3.12. The Labute approximate surface area is 122 Å². The maximum atomic E-state index is 11.9. The van der Waals surface area contributed by atoms with E-state index in [9.17, 15) is 4.79 Å². The number of benzene rings is 1. The number of hydrogen-bond donors (Lipinski definition) is 2. The van der Waals surface area contributed by atoms with Gasteiger partial charge in [-0.2, -0.15) is 0 Å². The van der Waals surface area contributed by atoms with Crippen LogP contribution in [0, 0.1) is 13.8 Å². The van der Waals surface area contributed by atoms with Crippen molar-refractivity contribution in [2.75, 3.05) is 5.32 Å². The normalized spacial score (nSPS) is 11.3. The molecule has 3 rings (SSSR count). The van der Waals surface area contributed by atoms with Crippen LogP contribution in [0.25, 0.3) is 17.0 Å². The third kappa shape index (κ3) is 3.05. The minimum atomic E-state index is -0.185. The minimum Gasteiger partial charge on any atom is -0.462 e. The Morgan fingerprint density at radius 2 is 2.05 bits per heavy atom. The topological polar surface area (TPSA) is 58.0 Å². The van der Waals surface area contributed by atoms with Crippen LogP contribution in [0.2, 0.25) is 0 Å². The molecular weight excluding hydrogens is 264 g/mol. The number of carbonyl (C=O) groups is 1. The Morgan fingerprint density at radius 1 is 1.19 bits per heavy atom. The van der Waals surface area contributed by atoms with Crippen LogP contribution in [0.5, 0.6) is 0 Å². The second kappa shape index (κ2) is 5.32. The number of fused-ring (bicyclic) bond motifs is 1. The number of rotatable bonds is 3. The van der Waals surface area contributed by atoms with Crippen molar-refractivity contribution in [1.29, 1.82) is 0 Å². The van der Waals surface area contributed by atoms with Gasteiger partial charge in [0, 0.05) is 28.4 Å². The molecule has 0 aliphatic carbocycles. The van der Waals surface area contributed by atoms with Crippen LogP contribution in [0.1, 0.15) is 17.2 Å². The van der Waals surface area contributed by atoms with Gasteiger partial charge in [0.25, 0.3) is 0 Å². The molecule has 0 saturated carbocycles. The summed E-state index contributed by atoms with van der Waals surface area (Å²) in [6, 6.07) is 11.5. The number of aromatic amines is 1. The van der Waals surface area contributed by atoms with E-state index < -0.39 is 0 Å². The molecule has 1 aromatic carbocycles. The lowest BCUT2D eigenvalue weighted by Gasteiger charge is -2.01. The van der Waals surface area contributed by atoms with Crippen LogP contribution < -0.4 is 5.32 Å². The average Bonchev–Trinajstić information content (AvgIpc) is 3.01. The maximum absolute atomic E-state index is 11.9. The molecule has 3 aromatic rings. The van der Waals surface area contributed by atoms with Gasteiger partial charge in [0.2, 0.25) is 5.91 Å². The summed E-state index contributed by atoms with van der Waals surface area (Å²) < 4.78 is 5.37. The molecule has 0 unspecified atom stereocenters. The SMILES string of the molecule is Cc1cc2cc(NC(=O)/C=C/c3ccc(C)o3)ccc2[nH]1. The van der Waals surface area contributed by atoms with Gasteiger partial charge in [-0.15, -0.1) is 0 Å². The summed E-state index contributed by atoms with van der Waals surface area (Å²) in [5, 5.41) is 3.92. The van der Waals surface area contributed by atoms with E-state index in [-0.39, 0.29) is 5.91 Å². The predicted molar refractivity (Wildman–Crippen MR) is 84.1 cm³/mol. The van der Waals surface area contributed by atoms with Crippen LogP contribution in [0.4, 0.5) is 5.69 Å². The molecule has 0 spiro atoms. The van der Waals surface area contributed by atoms with E-state index in [1.54, 1.807) is 6.08 Å². The number of aromatic nitrogens is 1. The summed E-state index contributed by atoms with van der Waals surface area (Å²) >= 11 is 0. The van der Waals surface area contributed by atoms with Crippen molar-refractivity contribution in [3.63, 3.8) is 0 Å². The van der Waals surface area contributed by atoms with Gasteiger partial charge < -0.3 is 14.7 Å². The Morgan fingerprint density at radius 3 is 2.81 bits per heavy atom. The molecule has 0 radical (unpaired) electrons. The van der Waals surface area contributed by atoms with E-state index in [0.717, 1.165) is 28.0 Å². The van der Waals surface area contributed by atoms with Crippen molar-refractivity contribution in [1.82, 2.24) is 4.98 Å². The lowest BCUT2D eigenvalue weighted by atomic mass is 10.2. The van der Waals surface area contributed by atoms with Gasteiger partial charge in [-0.1, -0.05) is 0 Å². The molecule has 2 aromatic heterocycles. The molecule has 106 valence electrons. The number of nitrogens with one attached hydrogen (secondary N) is 2. The van der Waals surface area contributed by atoms with Gasteiger partial charge in [0.05, 0.1) is 0 Å². The summed E-state index contributed by atoms with van der Waals surface area (Å²) in [6.45, 7) is 3.87. The molecule has 0 fully saturated rings. The highest BCUT2D eigenvalue weighted by atomic mass is 16.3. The molecule has 0 saturated heterocycles. The van der Waals surface area contributed by atoms with E-state index in [1.807, 2.05) is 50.2 Å². The zero-order chi connectivity index (χ0) is 14.8. The van der Waals surface area contributed by atoms with Crippen LogP contribution in [-0.2, 0) is 4.79 Å². The molecular formula is C17H16N2O2. The van der Waals surface area contributed by atoms with Crippen molar-refractivity contribution < 1.29 is 9.21 Å². The molecule has 4 heteroatoms. The zero-order valence-electron chi connectivity index (χ0n) is 11.9. The number of carbonyl (C=O) groups excluding carboxylic acids is 1. The van der Waals surface area contributed by atoms with Gasteiger partial charge in [0.1, 0.15) is 11.5 Å². The smallest absolute Gasteiger partial charge is 0.248 e. The Bertz CT molecular complexity index is 824. The van der Waals surface area contributed by atoms with Gasteiger partial charge in [0.15, 0.2) is 0 Å². The number of aryl methyl sites for hydroxylation is 2. The molecule has 0 aliphatic rings. The van der Waals surface area contributed by atoms with E-state index >= 15 is 0 Å². The number of H-pyrrole nitrogens is 1. The Balaban J connectivity index is 1.72. The monoisotopic (exact) mass is 280 g/mol. The lowest BCUT2D eigenvalue weighted by molar-refractivity contribution is -0.111. The van der Waals surface area contributed by atoms with Crippen molar-refractivity contribution >= 4 is 28.6 Å². The summed E-state index contributed by atoms with van der Waals surface area (Å²) in [5.41, 5.74) is 2.93. The highest BCUT2D eigenvalue weighted by Crippen LogP contribution is 2.19. The molecule has 1 amide bonds. The summed E-state index contributed by atoms with van der Waals surface area (Å²) in [4.78, 5) is 15.1. The summed E-state index contributed by atoms with van der Waals surface area (Å²) in [5.74, 6) is 1.30. The second-order valence-corrected chi connectivity index (χ2v) is 5.03. The molecule has 2 heterocycles. The maximum Gasteiger partial charge on any atom is 0.248 e. The van der Waals surface area contributed by atoms with E-state index in [1.165, 1.54) is 6.08 Å². The lowest BCUT2D eigenvalue weighted by Crippen LogP contribution is -2.07. The third-order valence-electron chi connectivity index (χ3n) is 3.18. The minimum absolute atomic E-state index is 0.185. The molecule has 21 heavy (non-hydrogen) atoms. The number of anilines is 1. The first-order chi connectivity index (χ1) is 10.1. The van der Waals surface area contributed by atoms with Crippen LogP contribution in [-0.4, -0.2) is 10.9 Å². The number of hydrogen-bond acceptors (Lipinski definition) is 2. The zero-order valence-corrected chi connectivity index (χ0v) is 11.9. The fourth-order valence-corrected chi connectivity index (χ4v) is 2.24. The van der Waals surface area contributed by atoms with Crippen molar-refractivity contribution in [3.05, 3.63) is 59.7 Å². The van der Waals surface area contributed by atoms with E-state index in [4.69, 9.17) is 4.42 Å². The number of furan rings is 1. The standard InChI is InChI=1S/C17H16N2O2/c1-11-9-13-10-14(4-7-16(13)18-11)19-17(20)8-6-15-5-3-12(2)21-15/h3-10,18H,1-2H3,(H,19,20)/b8-6+. The molecule has 0 atom stereocenters. The average molecular weight is 280 g/mol. The predicted octanol–water partition coefficient (Wildman–Crippen LogP) is 4.03. The van der Waals surface area contributed by atoms with Gasteiger partial charge in [-0.25, -0.2) is 0 Å². The third-order valence-corrected chi connectivity index (χ3v) is 3.18. The Hall–Kier alpha value is -2.75. The molecule has 0 aliphatic heterocycles. The highest BCUT2D eigenvalue weighted by Gasteiger charge is 2.02. The van der Waals surface area contributed by atoms with Gasteiger partial charge >= 0.3 is 0 Å². The first-order valence-electron chi connectivity index (χ1n) is 6.75. The first-order valence-corrected chi connectivity index (χ1v) is 6.75. The van der Waals surface area contributed by atoms with Crippen molar-refractivity contribution in [3.8, 4) is 0 Å². The van der Waals surface area contributed by atoms with Crippen LogP contribution in [0.3, 0.4) is 0 Å². The Kier molecular flexibility index (Phi) is 3.36. The second-order valence-electron chi connectivity index (χ2n) is 5.03.